The predicted octanol–water partition coefficient (Wildman–Crippen LogP) is 3.95. The number of benzene rings is 2. The van der Waals surface area contributed by atoms with Gasteiger partial charge in [-0.05, 0) is 43.2 Å². The number of ether oxygens (including phenoxy) is 1. The summed E-state index contributed by atoms with van der Waals surface area (Å²) in [6.45, 7) is 3.52. The third-order valence-electron chi connectivity index (χ3n) is 5.27. The van der Waals surface area contributed by atoms with Gasteiger partial charge in [-0.25, -0.2) is 0 Å². The molecule has 3 rings (SSSR count). The summed E-state index contributed by atoms with van der Waals surface area (Å²) in [5.74, 6) is 0.394. The number of rotatable bonds is 11. The normalized spacial score (nSPS) is 10.7. The van der Waals surface area contributed by atoms with Crippen LogP contribution in [0.25, 0.3) is 0 Å². The maximum atomic E-state index is 13.3. The summed E-state index contributed by atoms with van der Waals surface area (Å²) in [6.07, 6.45) is 2.32. The monoisotopic (exact) mass is 434 g/mol. The highest BCUT2D eigenvalue weighted by atomic mass is 16.5. The number of furan rings is 1. The summed E-state index contributed by atoms with van der Waals surface area (Å²) in [5, 5.41) is 0. The van der Waals surface area contributed by atoms with Gasteiger partial charge in [0, 0.05) is 25.8 Å². The van der Waals surface area contributed by atoms with Crippen molar-refractivity contribution in [2.45, 2.75) is 19.9 Å². The molecule has 0 spiro atoms. The van der Waals surface area contributed by atoms with E-state index in [0.717, 1.165) is 17.5 Å². The van der Waals surface area contributed by atoms with Crippen molar-refractivity contribution in [3.63, 3.8) is 0 Å². The third-order valence-corrected chi connectivity index (χ3v) is 5.27. The molecule has 168 valence electrons. The van der Waals surface area contributed by atoms with Gasteiger partial charge in [0.2, 0.25) is 5.91 Å². The molecule has 0 unspecified atom stereocenters. The van der Waals surface area contributed by atoms with Gasteiger partial charge < -0.3 is 19.0 Å². The van der Waals surface area contributed by atoms with Crippen molar-refractivity contribution in [1.82, 2.24) is 9.80 Å². The van der Waals surface area contributed by atoms with Crippen LogP contribution in [0.1, 0.15) is 27.2 Å². The molecule has 32 heavy (non-hydrogen) atoms. The van der Waals surface area contributed by atoms with Crippen LogP contribution in [0.5, 0.6) is 0 Å². The maximum Gasteiger partial charge on any atom is 0.254 e. The molecule has 2 aromatic carbocycles. The van der Waals surface area contributed by atoms with E-state index in [1.165, 1.54) is 0 Å². The van der Waals surface area contributed by atoms with E-state index in [4.69, 9.17) is 9.15 Å². The molecule has 0 aliphatic rings. The Labute approximate surface area is 189 Å². The zero-order valence-electron chi connectivity index (χ0n) is 18.7. The second kappa shape index (κ2) is 11.9. The molecule has 0 aliphatic heterocycles. The Bertz CT molecular complexity index is 969. The molecule has 0 radical (unpaired) electrons. The summed E-state index contributed by atoms with van der Waals surface area (Å²) in [7, 11) is 1.58. The van der Waals surface area contributed by atoms with Crippen molar-refractivity contribution in [1.29, 1.82) is 0 Å². The van der Waals surface area contributed by atoms with Gasteiger partial charge >= 0.3 is 0 Å². The minimum atomic E-state index is -0.184. The zero-order valence-corrected chi connectivity index (χ0v) is 18.7. The molecule has 2 amide bonds. The van der Waals surface area contributed by atoms with E-state index in [-0.39, 0.29) is 18.4 Å². The van der Waals surface area contributed by atoms with Gasteiger partial charge in [0.25, 0.3) is 5.91 Å². The van der Waals surface area contributed by atoms with Crippen molar-refractivity contribution < 1.29 is 18.7 Å². The Hall–Kier alpha value is -3.38. The number of hydrogen-bond donors (Lipinski definition) is 0. The Morgan fingerprint density at radius 3 is 2.31 bits per heavy atom. The predicted molar refractivity (Wildman–Crippen MR) is 123 cm³/mol. The molecule has 6 heteroatoms. The molecule has 3 aromatic rings. The fraction of sp³-hybridized carbons (Fsp3) is 0.308. The molecule has 0 fully saturated rings. The van der Waals surface area contributed by atoms with Crippen molar-refractivity contribution >= 4 is 11.8 Å². The first-order valence-corrected chi connectivity index (χ1v) is 10.8. The fourth-order valence-electron chi connectivity index (χ4n) is 3.39. The van der Waals surface area contributed by atoms with Crippen molar-refractivity contribution in [3.8, 4) is 0 Å². The van der Waals surface area contributed by atoms with Gasteiger partial charge in [0.1, 0.15) is 12.3 Å². The van der Waals surface area contributed by atoms with Crippen molar-refractivity contribution in [3.05, 3.63) is 95.4 Å². The SMILES string of the molecule is COCCN(CC(=O)N(CCc1ccccc1)Cc1ccco1)C(=O)c1ccc(C)cc1. The second-order valence-electron chi connectivity index (χ2n) is 7.72. The lowest BCUT2D eigenvalue weighted by Gasteiger charge is -2.27. The molecule has 0 saturated heterocycles. The average molecular weight is 435 g/mol. The summed E-state index contributed by atoms with van der Waals surface area (Å²) in [4.78, 5) is 29.7. The van der Waals surface area contributed by atoms with Crippen molar-refractivity contribution in [2.75, 3.05) is 33.4 Å². The van der Waals surface area contributed by atoms with Gasteiger partial charge in [0.15, 0.2) is 0 Å². The fourth-order valence-corrected chi connectivity index (χ4v) is 3.39. The molecule has 1 heterocycles. The van der Waals surface area contributed by atoms with Crippen LogP contribution in [0.3, 0.4) is 0 Å². The largest absolute Gasteiger partial charge is 0.467 e. The topological polar surface area (TPSA) is 63.0 Å². The number of carbonyl (C=O) groups is 2. The lowest BCUT2D eigenvalue weighted by atomic mass is 10.1. The minimum absolute atomic E-state index is 0.0223. The number of nitrogens with zero attached hydrogens (tertiary/aromatic N) is 2. The molecule has 0 aliphatic carbocycles. The Morgan fingerprint density at radius 2 is 1.66 bits per heavy atom. The van der Waals surface area contributed by atoms with E-state index in [9.17, 15) is 9.59 Å². The zero-order chi connectivity index (χ0) is 22.8. The van der Waals surface area contributed by atoms with Crippen LogP contribution >= 0.6 is 0 Å². The molecule has 0 atom stereocenters. The highest BCUT2D eigenvalue weighted by Gasteiger charge is 2.23. The highest BCUT2D eigenvalue weighted by Crippen LogP contribution is 2.11. The summed E-state index contributed by atoms with van der Waals surface area (Å²) < 4.78 is 10.6. The van der Waals surface area contributed by atoms with Crippen LogP contribution < -0.4 is 0 Å². The quantitative estimate of drug-likeness (QED) is 0.458. The number of aryl methyl sites for hydroxylation is 1. The second-order valence-corrected chi connectivity index (χ2v) is 7.72. The number of hydrogen-bond acceptors (Lipinski definition) is 4. The van der Waals surface area contributed by atoms with E-state index in [1.54, 1.807) is 41.4 Å². The molecule has 0 N–H and O–H groups in total. The van der Waals surface area contributed by atoms with Crippen LogP contribution in [0.4, 0.5) is 0 Å². The van der Waals surface area contributed by atoms with Crippen molar-refractivity contribution in [2.24, 2.45) is 0 Å². The van der Waals surface area contributed by atoms with Crippen LogP contribution in [-0.2, 0) is 22.5 Å². The van der Waals surface area contributed by atoms with E-state index in [2.05, 4.69) is 0 Å². The van der Waals surface area contributed by atoms with Crippen LogP contribution in [0.2, 0.25) is 0 Å². The molecule has 0 bridgehead atoms. The van der Waals surface area contributed by atoms with E-state index < -0.39 is 0 Å². The molecule has 0 saturated carbocycles. The third kappa shape index (κ3) is 6.82. The van der Waals surface area contributed by atoms with Crippen LogP contribution in [0.15, 0.2) is 77.4 Å². The smallest absolute Gasteiger partial charge is 0.254 e. The minimum Gasteiger partial charge on any atom is -0.467 e. The maximum absolute atomic E-state index is 13.3. The van der Waals surface area contributed by atoms with Gasteiger partial charge in [-0.3, -0.25) is 9.59 Å². The Kier molecular flexibility index (Phi) is 8.63. The highest BCUT2D eigenvalue weighted by molar-refractivity contribution is 5.96. The molecule has 6 nitrogen and oxygen atoms in total. The first-order valence-electron chi connectivity index (χ1n) is 10.8. The van der Waals surface area contributed by atoms with Crippen LogP contribution in [-0.4, -0.2) is 55.0 Å². The number of amides is 2. The van der Waals surface area contributed by atoms with E-state index in [0.29, 0.717) is 37.6 Å². The Morgan fingerprint density at radius 1 is 0.906 bits per heavy atom. The first-order chi connectivity index (χ1) is 15.6. The number of methoxy groups -OCH3 is 1. The van der Waals surface area contributed by atoms with Gasteiger partial charge in [-0.1, -0.05) is 48.0 Å². The summed E-state index contributed by atoms with van der Waals surface area (Å²) in [6, 6.07) is 21.1. The van der Waals surface area contributed by atoms with Gasteiger partial charge in [-0.2, -0.15) is 0 Å². The average Bonchev–Trinajstić information content (AvgIpc) is 3.33. The lowest BCUT2D eigenvalue weighted by Crippen LogP contribution is -2.44. The van der Waals surface area contributed by atoms with Crippen LogP contribution in [0, 0.1) is 6.92 Å². The van der Waals surface area contributed by atoms with Gasteiger partial charge in [-0.15, -0.1) is 0 Å². The van der Waals surface area contributed by atoms with Gasteiger partial charge in [0.05, 0.1) is 19.4 Å². The lowest BCUT2D eigenvalue weighted by molar-refractivity contribution is -0.132. The van der Waals surface area contributed by atoms with E-state index >= 15 is 0 Å². The Balaban J connectivity index is 1.73. The van der Waals surface area contributed by atoms with E-state index in [1.807, 2.05) is 55.5 Å². The summed E-state index contributed by atoms with van der Waals surface area (Å²) >= 11 is 0. The first kappa shape index (κ1) is 23.3. The molecular formula is C26H30N2O4. The standard InChI is InChI=1S/C26H30N2O4/c1-21-10-12-23(13-11-21)26(30)28(16-18-31-2)20-25(29)27(19-24-9-6-17-32-24)15-14-22-7-4-3-5-8-22/h3-13,17H,14-16,18-20H2,1-2H3. The molecular weight excluding hydrogens is 404 g/mol. The summed E-state index contributed by atoms with van der Waals surface area (Å²) in [5.41, 5.74) is 2.78. The number of carbonyl (C=O) groups excluding carboxylic acids is 2. The molecule has 1 aromatic heterocycles.